The fourth-order valence-electron chi connectivity index (χ4n) is 5.30. The highest BCUT2D eigenvalue weighted by atomic mass is 16.4. The molecule has 110 valence electrons. The van der Waals surface area contributed by atoms with Crippen molar-refractivity contribution in [3.63, 3.8) is 0 Å². The average Bonchev–Trinajstić information content (AvgIpc) is 3.01. The Morgan fingerprint density at radius 3 is 2.30 bits per heavy atom. The van der Waals surface area contributed by atoms with Crippen LogP contribution in [0.2, 0.25) is 0 Å². The molecule has 0 aromatic carbocycles. The molecule has 2 N–H and O–H groups in total. The molecule has 0 aromatic rings. The topological polar surface area (TPSA) is 66.4 Å². The molecule has 0 aromatic heterocycles. The van der Waals surface area contributed by atoms with Crippen molar-refractivity contribution in [2.45, 2.75) is 52.0 Å². The van der Waals surface area contributed by atoms with Gasteiger partial charge in [-0.15, -0.1) is 0 Å². The third-order valence-corrected chi connectivity index (χ3v) is 6.92. The Balaban J connectivity index is 1.31. The van der Waals surface area contributed by atoms with Gasteiger partial charge in [-0.25, -0.2) is 0 Å². The van der Waals surface area contributed by atoms with E-state index >= 15 is 0 Å². The van der Waals surface area contributed by atoms with Crippen molar-refractivity contribution in [1.29, 1.82) is 0 Å². The van der Waals surface area contributed by atoms with Crippen molar-refractivity contribution < 1.29 is 14.7 Å². The third kappa shape index (κ3) is 1.54. The highest BCUT2D eigenvalue weighted by Crippen LogP contribution is 2.68. The van der Waals surface area contributed by atoms with Gasteiger partial charge in [0.1, 0.15) is 0 Å². The van der Waals surface area contributed by atoms with Crippen molar-refractivity contribution in [3.8, 4) is 0 Å². The van der Waals surface area contributed by atoms with E-state index in [2.05, 4.69) is 19.2 Å². The first-order chi connectivity index (χ1) is 9.34. The summed E-state index contributed by atoms with van der Waals surface area (Å²) in [5, 5.41) is 12.4. The number of carbonyl (C=O) groups is 2. The van der Waals surface area contributed by atoms with Crippen molar-refractivity contribution in [3.05, 3.63) is 0 Å². The highest BCUT2D eigenvalue weighted by molar-refractivity contribution is 5.82. The second-order valence-electron chi connectivity index (χ2n) is 8.21. The first kappa shape index (κ1) is 12.7. The van der Waals surface area contributed by atoms with Crippen LogP contribution in [0.15, 0.2) is 0 Å². The quantitative estimate of drug-likeness (QED) is 0.829. The SMILES string of the molecule is CC1(C)[C@@H]2CC(C(=O)N[C@@H]3C[C@H]4C[C@@]4(C(=O)O)C3)C[C@@H]21. The van der Waals surface area contributed by atoms with Crippen LogP contribution in [0.4, 0.5) is 0 Å². The lowest BCUT2D eigenvalue weighted by Gasteiger charge is -2.21. The molecule has 0 radical (unpaired) electrons. The number of hydrogen-bond donors (Lipinski definition) is 2. The molecule has 4 heteroatoms. The Bertz CT molecular complexity index is 486. The standard InChI is InChI=1S/C16H23NO3/c1-15(2)11-3-8(4-12(11)15)13(18)17-10-5-9-6-16(9,7-10)14(19)20/h8-12H,3-7H2,1-2H3,(H,17,18)(H,19,20)/t8?,9-,10+,11-,12+,16+/m0/s1. The lowest BCUT2D eigenvalue weighted by Crippen LogP contribution is -2.39. The maximum atomic E-state index is 12.3. The molecule has 20 heavy (non-hydrogen) atoms. The van der Waals surface area contributed by atoms with Crippen LogP contribution < -0.4 is 5.32 Å². The van der Waals surface area contributed by atoms with Gasteiger partial charge in [-0.1, -0.05) is 13.8 Å². The van der Waals surface area contributed by atoms with E-state index in [1.165, 1.54) is 0 Å². The van der Waals surface area contributed by atoms with Gasteiger partial charge in [-0.05, 0) is 55.3 Å². The maximum Gasteiger partial charge on any atom is 0.310 e. The van der Waals surface area contributed by atoms with Gasteiger partial charge in [0.05, 0.1) is 5.41 Å². The summed E-state index contributed by atoms with van der Waals surface area (Å²) in [6, 6.07) is 0.0993. The summed E-state index contributed by atoms with van der Waals surface area (Å²) in [4.78, 5) is 23.6. The van der Waals surface area contributed by atoms with Crippen LogP contribution >= 0.6 is 0 Å². The molecule has 0 spiro atoms. The number of fused-ring (bicyclic) bond motifs is 2. The van der Waals surface area contributed by atoms with Gasteiger partial charge in [0.25, 0.3) is 0 Å². The minimum atomic E-state index is -0.664. The number of amides is 1. The number of carboxylic acids is 1. The molecule has 1 amide bonds. The summed E-state index contributed by atoms with van der Waals surface area (Å²) in [6.07, 6.45) is 4.39. The van der Waals surface area contributed by atoms with Crippen LogP contribution in [-0.4, -0.2) is 23.0 Å². The Hall–Kier alpha value is -1.06. The van der Waals surface area contributed by atoms with Crippen molar-refractivity contribution >= 4 is 11.9 Å². The first-order valence-corrected chi connectivity index (χ1v) is 7.88. The minimum absolute atomic E-state index is 0.0993. The van der Waals surface area contributed by atoms with E-state index in [0.29, 0.717) is 17.8 Å². The smallest absolute Gasteiger partial charge is 0.310 e. The van der Waals surface area contributed by atoms with E-state index in [9.17, 15) is 14.7 Å². The number of hydrogen-bond acceptors (Lipinski definition) is 2. The number of aliphatic carboxylic acids is 1. The van der Waals surface area contributed by atoms with Crippen molar-refractivity contribution in [2.75, 3.05) is 0 Å². The Morgan fingerprint density at radius 1 is 1.10 bits per heavy atom. The summed E-state index contributed by atoms with van der Waals surface area (Å²) in [7, 11) is 0. The van der Waals surface area contributed by atoms with Gasteiger partial charge in [0, 0.05) is 12.0 Å². The predicted molar refractivity (Wildman–Crippen MR) is 72.8 cm³/mol. The fourth-order valence-corrected chi connectivity index (χ4v) is 5.30. The van der Waals surface area contributed by atoms with Gasteiger partial charge in [0.2, 0.25) is 5.91 Å². The molecule has 1 unspecified atom stereocenters. The zero-order valence-electron chi connectivity index (χ0n) is 12.2. The summed E-state index contributed by atoms with van der Waals surface area (Å²) in [6.45, 7) is 4.61. The molecule has 4 aliphatic carbocycles. The molecular formula is C16H23NO3. The van der Waals surface area contributed by atoms with E-state index in [-0.39, 0.29) is 17.9 Å². The van der Waals surface area contributed by atoms with Gasteiger partial charge >= 0.3 is 5.97 Å². The average molecular weight is 277 g/mol. The van der Waals surface area contributed by atoms with E-state index < -0.39 is 11.4 Å². The lowest BCUT2D eigenvalue weighted by atomic mass is 9.92. The largest absolute Gasteiger partial charge is 0.481 e. The summed E-state index contributed by atoms with van der Waals surface area (Å²) >= 11 is 0. The van der Waals surface area contributed by atoms with E-state index in [4.69, 9.17) is 0 Å². The highest BCUT2D eigenvalue weighted by Gasteiger charge is 2.66. The van der Waals surface area contributed by atoms with Crippen LogP contribution in [0.25, 0.3) is 0 Å². The van der Waals surface area contributed by atoms with Crippen LogP contribution in [0.5, 0.6) is 0 Å². The second-order valence-corrected chi connectivity index (χ2v) is 8.21. The van der Waals surface area contributed by atoms with Crippen LogP contribution in [0, 0.1) is 34.5 Å². The van der Waals surface area contributed by atoms with Gasteiger partial charge < -0.3 is 10.4 Å². The molecule has 4 aliphatic rings. The van der Waals surface area contributed by atoms with Gasteiger partial charge in [-0.2, -0.15) is 0 Å². The Labute approximate surface area is 119 Å². The van der Waals surface area contributed by atoms with Crippen LogP contribution in [-0.2, 0) is 9.59 Å². The number of rotatable bonds is 3. The number of nitrogens with one attached hydrogen (secondary N) is 1. The monoisotopic (exact) mass is 277 g/mol. The molecule has 4 rings (SSSR count). The molecule has 4 saturated carbocycles. The van der Waals surface area contributed by atoms with Gasteiger partial charge in [0.15, 0.2) is 0 Å². The Kier molecular flexibility index (Phi) is 2.26. The third-order valence-electron chi connectivity index (χ3n) is 6.92. The van der Waals surface area contributed by atoms with E-state index in [1.54, 1.807) is 0 Å². The maximum absolute atomic E-state index is 12.3. The Morgan fingerprint density at radius 2 is 1.75 bits per heavy atom. The molecule has 0 aliphatic heterocycles. The summed E-state index contributed by atoms with van der Waals surface area (Å²) in [5.41, 5.74) is -0.0309. The summed E-state index contributed by atoms with van der Waals surface area (Å²) < 4.78 is 0. The van der Waals surface area contributed by atoms with Crippen LogP contribution in [0.3, 0.4) is 0 Å². The number of carbonyl (C=O) groups excluding carboxylic acids is 1. The van der Waals surface area contributed by atoms with Gasteiger partial charge in [-0.3, -0.25) is 9.59 Å². The zero-order valence-corrected chi connectivity index (χ0v) is 12.2. The molecule has 0 saturated heterocycles. The molecule has 0 heterocycles. The normalized spacial score (nSPS) is 50.2. The lowest BCUT2D eigenvalue weighted by molar-refractivity contribution is -0.144. The van der Waals surface area contributed by atoms with Crippen LogP contribution in [0.1, 0.15) is 46.0 Å². The predicted octanol–water partition coefficient (Wildman–Crippen LogP) is 2.04. The van der Waals surface area contributed by atoms with E-state index in [0.717, 1.165) is 37.5 Å². The minimum Gasteiger partial charge on any atom is -0.481 e. The van der Waals surface area contributed by atoms with E-state index in [1.807, 2.05) is 0 Å². The molecular weight excluding hydrogens is 254 g/mol. The van der Waals surface area contributed by atoms with Crippen molar-refractivity contribution in [2.24, 2.45) is 34.5 Å². The summed E-state index contributed by atoms with van der Waals surface area (Å²) in [5.74, 6) is 1.47. The molecule has 4 nitrogen and oxygen atoms in total. The zero-order chi connectivity index (χ0) is 14.3. The first-order valence-electron chi connectivity index (χ1n) is 7.88. The molecule has 6 atom stereocenters. The molecule has 0 bridgehead atoms. The second kappa shape index (κ2) is 3.58. The van der Waals surface area contributed by atoms with Crippen molar-refractivity contribution in [1.82, 2.24) is 5.32 Å². The fraction of sp³-hybridized carbons (Fsp3) is 0.875. The molecule has 4 fully saturated rings. The number of carboxylic acid groups (broad SMARTS) is 1.